The maximum Gasteiger partial charge on any atom is 0.224 e. The fourth-order valence-electron chi connectivity index (χ4n) is 1.51. The van der Waals surface area contributed by atoms with Crippen molar-refractivity contribution in [2.45, 2.75) is 33.1 Å². The average Bonchev–Trinajstić information content (AvgIpc) is 2.29. The summed E-state index contributed by atoms with van der Waals surface area (Å²) in [5, 5.41) is 2.87. The Morgan fingerprint density at radius 3 is 2.69 bits per heavy atom. The monoisotopic (exact) mass is 221 g/mol. The summed E-state index contributed by atoms with van der Waals surface area (Å²) in [6.07, 6.45) is 2.34. The molecule has 0 heterocycles. The third-order valence-electron chi connectivity index (χ3n) is 2.42. The lowest BCUT2D eigenvalue weighted by molar-refractivity contribution is -0.116. The number of ether oxygens (including phenoxy) is 1. The van der Waals surface area contributed by atoms with Crippen LogP contribution in [0.25, 0.3) is 0 Å². The maximum atomic E-state index is 11.5. The Hall–Kier alpha value is -1.51. The van der Waals surface area contributed by atoms with Gasteiger partial charge in [-0.25, -0.2) is 0 Å². The third kappa shape index (κ3) is 3.26. The molecule has 0 aliphatic heterocycles. The Balaban J connectivity index is 2.86. The summed E-state index contributed by atoms with van der Waals surface area (Å²) in [5.41, 5.74) is 1.95. The molecule has 1 rings (SSSR count). The summed E-state index contributed by atoms with van der Waals surface area (Å²) in [6, 6.07) is 5.86. The van der Waals surface area contributed by atoms with E-state index in [0.29, 0.717) is 12.2 Å². The van der Waals surface area contributed by atoms with Crippen molar-refractivity contribution in [2.75, 3.05) is 12.4 Å². The minimum absolute atomic E-state index is 0.0362. The second-order valence-electron chi connectivity index (χ2n) is 3.69. The van der Waals surface area contributed by atoms with E-state index >= 15 is 0 Å². The van der Waals surface area contributed by atoms with Gasteiger partial charge in [0.25, 0.3) is 0 Å². The van der Waals surface area contributed by atoms with Crippen LogP contribution in [-0.4, -0.2) is 13.0 Å². The van der Waals surface area contributed by atoms with Crippen LogP contribution in [0.3, 0.4) is 0 Å². The van der Waals surface area contributed by atoms with E-state index in [9.17, 15) is 4.79 Å². The molecule has 0 bridgehead atoms. The minimum Gasteiger partial charge on any atom is -0.495 e. The summed E-state index contributed by atoms with van der Waals surface area (Å²) in [5.74, 6) is 0.746. The van der Waals surface area contributed by atoms with Crippen LogP contribution in [0.15, 0.2) is 18.2 Å². The minimum atomic E-state index is 0.0362. The fraction of sp³-hybridized carbons (Fsp3) is 0.462. The van der Waals surface area contributed by atoms with E-state index in [1.807, 2.05) is 25.1 Å². The second kappa shape index (κ2) is 6.16. The molecule has 0 radical (unpaired) electrons. The molecule has 0 fully saturated rings. The number of aryl methyl sites for hydroxylation is 1. The van der Waals surface area contributed by atoms with Crippen molar-refractivity contribution in [2.24, 2.45) is 0 Å². The van der Waals surface area contributed by atoms with E-state index in [1.165, 1.54) is 5.56 Å². The average molecular weight is 221 g/mol. The van der Waals surface area contributed by atoms with Crippen molar-refractivity contribution in [3.8, 4) is 5.75 Å². The van der Waals surface area contributed by atoms with Crippen LogP contribution in [0.4, 0.5) is 5.69 Å². The van der Waals surface area contributed by atoms with Crippen LogP contribution in [0.5, 0.6) is 5.75 Å². The van der Waals surface area contributed by atoms with Gasteiger partial charge in [0.1, 0.15) is 5.75 Å². The predicted octanol–water partition coefficient (Wildman–Crippen LogP) is 3.00. The summed E-state index contributed by atoms with van der Waals surface area (Å²) in [7, 11) is 1.61. The normalized spacial score (nSPS) is 9.94. The molecule has 3 heteroatoms. The van der Waals surface area contributed by atoms with Crippen molar-refractivity contribution in [3.63, 3.8) is 0 Å². The SMILES string of the molecule is CCCC(=O)Nc1cc(CC)ccc1OC. The molecular weight excluding hydrogens is 202 g/mol. The van der Waals surface area contributed by atoms with E-state index in [2.05, 4.69) is 12.2 Å². The largest absolute Gasteiger partial charge is 0.495 e. The highest BCUT2D eigenvalue weighted by Crippen LogP contribution is 2.25. The van der Waals surface area contributed by atoms with Crippen LogP contribution in [0, 0.1) is 0 Å². The van der Waals surface area contributed by atoms with Gasteiger partial charge < -0.3 is 10.1 Å². The number of nitrogens with one attached hydrogen (secondary N) is 1. The molecule has 3 nitrogen and oxygen atoms in total. The van der Waals surface area contributed by atoms with Gasteiger partial charge in [0, 0.05) is 6.42 Å². The zero-order chi connectivity index (χ0) is 12.0. The number of hydrogen-bond donors (Lipinski definition) is 1. The molecule has 0 aromatic heterocycles. The van der Waals surface area contributed by atoms with Gasteiger partial charge in [-0.3, -0.25) is 4.79 Å². The Labute approximate surface area is 96.8 Å². The van der Waals surface area contributed by atoms with Crippen molar-refractivity contribution < 1.29 is 9.53 Å². The first-order valence-electron chi connectivity index (χ1n) is 5.68. The third-order valence-corrected chi connectivity index (χ3v) is 2.42. The van der Waals surface area contributed by atoms with E-state index in [1.54, 1.807) is 7.11 Å². The highest BCUT2D eigenvalue weighted by atomic mass is 16.5. The number of anilines is 1. The summed E-state index contributed by atoms with van der Waals surface area (Å²) in [6.45, 7) is 4.07. The molecule has 1 amide bonds. The van der Waals surface area contributed by atoms with Crippen LogP contribution < -0.4 is 10.1 Å². The Morgan fingerprint density at radius 1 is 1.38 bits per heavy atom. The Morgan fingerprint density at radius 2 is 2.12 bits per heavy atom. The summed E-state index contributed by atoms with van der Waals surface area (Å²) in [4.78, 5) is 11.5. The Kier molecular flexibility index (Phi) is 4.83. The van der Waals surface area contributed by atoms with Gasteiger partial charge in [0.15, 0.2) is 0 Å². The van der Waals surface area contributed by atoms with Gasteiger partial charge in [0.05, 0.1) is 12.8 Å². The first-order chi connectivity index (χ1) is 7.71. The molecule has 0 saturated heterocycles. The number of carbonyl (C=O) groups is 1. The van der Waals surface area contributed by atoms with Gasteiger partial charge in [-0.2, -0.15) is 0 Å². The van der Waals surface area contributed by atoms with Gasteiger partial charge in [0.2, 0.25) is 5.91 Å². The summed E-state index contributed by atoms with van der Waals surface area (Å²) < 4.78 is 5.21. The van der Waals surface area contributed by atoms with E-state index in [0.717, 1.165) is 18.5 Å². The maximum absolute atomic E-state index is 11.5. The number of benzene rings is 1. The molecule has 0 aliphatic carbocycles. The quantitative estimate of drug-likeness (QED) is 0.830. The van der Waals surface area contributed by atoms with Crippen molar-refractivity contribution in [1.82, 2.24) is 0 Å². The number of hydrogen-bond acceptors (Lipinski definition) is 2. The molecule has 1 N–H and O–H groups in total. The molecule has 0 aliphatic rings. The van der Waals surface area contributed by atoms with Gasteiger partial charge in [-0.1, -0.05) is 19.9 Å². The number of carbonyl (C=O) groups excluding carboxylic acids is 1. The lowest BCUT2D eigenvalue weighted by atomic mass is 10.1. The van der Waals surface area contributed by atoms with Gasteiger partial charge in [-0.15, -0.1) is 0 Å². The van der Waals surface area contributed by atoms with E-state index < -0.39 is 0 Å². The molecule has 0 saturated carbocycles. The van der Waals surface area contributed by atoms with Gasteiger partial charge >= 0.3 is 0 Å². The first kappa shape index (κ1) is 12.6. The van der Waals surface area contributed by atoms with Crippen LogP contribution in [0.2, 0.25) is 0 Å². The molecule has 1 aromatic carbocycles. The molecule has 1 aromatic rings. The predicted molar refractivity (Wildman–Crippen MR) is 65.9 cm³/mol. The lowest BCUT2D eigenvalue weighted by Crippen LogP contribution is -2.11. The fourth-order valence-corrected chi connectivity index (χ4v) is 1.51. The molecule has 0 unspecified atom stereocenters. The molecule has 88 valence electrons. The topological polar surface area (TPSA) is 38.3 Å². The van der Waals surface area contributed by atoms with Crippen molar-refractivity contribution >= 4 is 11.6 Å². The zero-order valence-corrected chi connectivity index (χ0v) is 10.2. The highest BCUT2D eigenvalue weighted by molar-refractivity contribution is 5.92. The van der Waals surface area contributed by atoms with Crippen molar-refractivity contribution in [1.29, 1.82) is 0 Å². The molecule has 0 atom stereocenters. The molecule has 0 spiro atoms. The standard InChI is InChI=1S/C13H19NO2/c1-4-6-13(15)14-11-9-10(5-2)7-8-12(11)16-3/h7-9H,4-6H2,1-3H3,(H,14,15). The Bertz CT molecular complexity index is 361. The number of rotatable bonds is 5. The van der Waals surface area contributed by atoms with Gasteiger partial charge in [-0.05, 0) is 30.5 Å². The van der Waals surface area contributed by atoms with Crippen LogP contribution in [0.1, 0.15) is 32.3 Å². The molecular formula is C13H19NO2. The highest BCUT2D eigenvalue weighted by Gasteiger charge is 2.07. The number of amides is 1. The van der Waals surface area contributed by atoms with Crippen LogP contribution >= 0.6 is 0 Å². The van der Waals surface area contributed by atoms with E-state index in [-0.39, 0.29) is 5.91 Å². The first-order valence-corrected chi connectivity index (χ1v) is 5.68. The summed E-state index contributed by atoms with van der Waals surface area (Å²) >= 11 is 0. The van der Waals surface area contributed by atoms with Crippen LogP contribution in [-0.2, 0) is 11.2 Å². The zero-order valence-electron chi connectivity index (χ0n) is 10.2. The van der Waals surface area contributed by atoms with Crippen molar-refractivity contribution in [3.05, 3.63) is 23.8 Å². The smallest absolute Gasteiger partial charge is 0.224 e. The lowest BCUT2D eigenvalue weighted by Gasteiger charge is -2.11. The number of methoxy groups -OCH3 is 1. The second-order valence-corrected chi connectivity index (χ2v) is 3.69. The molecule has 16 heavy (non-hydrogen) atoms. The van der Waals surface area contributed by atoms with E-state index in [4.69, 9.17) is 4.74 Å².